The Bertz CT molecular complexity index is 638. The second kappa shape index (κ2) is 9.45. The van der Waals surface area contributed by atoms with Crippen molar-refractivity contribution in [1.29, 1.82) is 0 Å². The van der Waals surface area contributed by atoms with Crippen LogP contribution in [0.1, 0.15) is 29.2 Å². The molecule has 0 radical (unpaired) electrons. The first-order valence-electron chi connectivity index (χ1n) is 8.11. The summed E-state index contributed by atoms with van der Waals surface area (Å²) in [5.74, 6) is -0.0919. The zero-order valence-electron chi connectivity index (χ0n) is 14.6. The van der Waals surface area contributed by atoms with Crippen molar-refractivity contribution in [3.63, 3.8) is 0 Å². The largest absolute Gasteiger partial charge is 0.352 e. The lowest BCUT2D eigenvalue weighted by Gasteiger charge is -2.18. The van der Waals surface area contributed by atoms with Crippen LogP contribution in [0.15, 0.2) is 48.5 Å². The summed E-state index contributed by atoms with van der Waals surface area (Å²) in [6, 6.07) is 15.9. The third kappa shape index (κ3) is 6.34. The molecule has 130 valence electrons. The fourth-order valence-electron chi connectivity index (χ4n) is 2.90. The fourth-order valence-corrected chi connectivity index (χ4v) is 2.90. The third-order valence-electron chi connectivity index (χ3n) is 3.85. The first-order valence-corrected chi connectivity index (χ1v) is 8.11. The van der Waals surface area contributed by atoms with E-state index in [1.807, 2.05) is 37.3 Å². The molecule has 0 heterocycles. The number of rotatable bonds is 6. The summed E-state index contributed by atoms with van der Waals surface area (Å²) in [4.78, 5) is 12.2. The summed E-state index contributed by atoms with van der Waals surface area (Å²) < 4.78 is 0. The molecule has 2 aromatic carbocycles. The van der Waals surface area contributed by atoms with Gasteiger partial charge < -0.3 is 11.1 Å². The number of benzene rings is 2. The Morgan fingerprint density at radius 3 is 2.17 bits per heavy atom. The topological polar surface area (TPSA) is 55.1 Å². The van der Waals surface area contributed by atoms with E-state index in [0.717, 1.165) is 12.0 Å². The molecule has 1 amide bonds. The van der Waals surface area contributed by atoms with Crippen molar-refractivity contribution in [3.05, 3.63) is 70.8 Å². The summed E-state index contributed by atoms with van der Waals surface area (Å²) in [6.45, 7) is 6.20. The van der Waals surface area contributed by atoms with Crippen molar-refractivity contribution in [2.45, 2.75) is 45.7 Å². The maximum absolute atomic E-state index is 12.2. The van der Waals surface area contributed by atoms with Gasteiger partial charge in [-0.1, -0.05) is 59.7 Å². The van der Waals surface area contributed by atoms with E-state index in [0.29, 0.717) is 6.42 Å². The predicted molar refractivity (Wildman–Crippen MR) is 103 cm³/mol. The van der Waals surface area contributed by atoms with E-state index in [-0.39, 0.29) is 24.4 Å². The molecule has 0 spiro atoms. The van der Waals surface area contributed by atoms with Crippen LogP contribution in [0.5, 0.6) is 0 Å². The SMILES string of the molecule is Cc1cc(C)cc(CC(C)NC(=O)[C@@H](N)Cc2ccccc2)c1.Cl. The number of hydrogen-bond donors (Lipinski definition) is 2. The molecule has 0 aromatic heterocycles. The number of hydrogen-bond acceptors (Lipinski definition) is 2. The molecule has 0 bridgehead atoms. The van der Waals surface area contributed by atoms with E-state index in [4.69, 9.17) is 5.73 Å². The lowest BCUT2D eigenvalue weighted by Crippen LogP contribution is -2.46. The number of carbonyl (C=O) groups excluding carboxylic acids is 1. The van der Waals surface area contributed by atoms with Gasteiger partial charge >= 0.3 is 0 Å². The van der Waals surface area contributed by atoms with Gasteiger partial charge in [-0.15, -0.1) is 12.4 Å². The Morgan fingerprint density at radius 2 is 1.58 bits per heavy atom. The molecule has 2 atom stereocenters. The van der Waals surface area contributed by atoms with E-state index < -0.39 is 6.04 Å². The molecule has 0 saturated heterocycles. The van der Waals surface area contributed by atoms with E-state index in [2.05, 4.69) is 37.4 Å². The molecule has 0 saturated carbocycles. The van der Waals surface area contributed by atoms with E-state index >= 15 is 0 Å². The Balaban J connectivity index is 0.00000288. The Hall–Kier alpha value is -1.84. The van der Waals surface area contributed by atoms with Crippen molar-refractivity contribution in [3.8, 4) is 0 Å². The third-order valence-corrected chi connectivity index (χ3v) is 3.85. The van der Waals surface area contributed by atoms with Crippen molar-refractivity contribution in [2.24, 2.45) is 5.73 Å². The minimum Gasteiger partial charge on any atom is -0.352 e. The molecule has 3 nitrogen and oxygen atoms in total. The highest BCUT2D eigenvalue weighted by atomic mass is 35.5. The lowest BCUT2D eigenvalue weighted by molar-refractivity contribution is -0.122. The number of carbonyl (C=O) groups is 1. The highest BCUT2D eigenvalue weighted by Crippen LogP contribution is 2.11. The van der Waals surface area contributed by atoms with E-state index in [1.54, 1.807) is 0 Å². The Kier molecular flexibility index (Phi) is 7.96. The van der Waals surface area contributed by atoms with Gasteiger partial charge in [-0.05, 0) is 44.7 Å². The quantitative estimate of drug-likeness (QED) is 0.842. The summed E-state index contributed by atoms with van der Waals surface area (Å²) in [7, 11) is 0. The van der Waals surface area contributed by atoms with Crippen LogP contribution in [0.2, 0.25) is 0 Å². The predicted octanol–water partition coefficient (Wildman–Crippen LogP) is 3.34. The van der Waals surface area contributed by atoms with Crippen molar-refractivity contribution in [1.82, 2.24) is 5.32 Å². The van der Waals surface area contributed by atoms with Crippen molar-refractivity contribution in [2.75, 3.05) is 0 Å². The number of aryl methyl sites for hydroxylation is 2. The molecule has 4 heteroatoms. The van der Waals surface area contributed by atoms with E-state index in [1.165, 1.54) is 16.7 Å². The maximum atomic E-state index is 12.2. The zero-order valence-corrected chi connectivity index (χ0v) is 15.4. The van der Waals surface area contributed by atoms with Crippen molar-refractivity contribution < 1.29 is 4.79 Å². The number of nitrogens with two attached hydrogens (primary N) is 1. The standard InChI is InChI=1S/C20H26N2O.ClH/c1-14-9-15(2)11-18(10-14)12-16(3)22-20(23)19(21)13-17-7-5-4-6-8-17;/h4-11,16,19H,12-13,21H2,1-3H3,(H,22,23);1H/t16?,19-;/m0./s1. The molecule has 0 aliphatic carbocycles. The van der Waals surface area contributed by atoms with Crippen molar-refractivity contribution >= 4 is 18.3 Å². The van der Waals surface area contributed by atoms with Crippen LogP contribution >= 0.6 is 12.4 Å². The number of nitrogens with one attached hydrogen (secondary N) is 1. The smallest absolute Gasteiger partial charge is 0.237 e. The van der Waals surface area contributed by atoms with Crippen LogP contribution < -0.4 is 11.1 Å². The molecular formula is C20H27ClN2O. The maximum Gasteiger partial charge on any atom is 0.237 e. The van der Waals surface area contributed by atoms with Gasteiger partial charge in [0.05, 0.1) is 6.04 Å². The Labute approximate surface area is 151 Å². The second-order valence-electron chi connectivity index (χ2n) is 6.41. The average Bonchev–Trinajstić information content (AvgIpc) is 2.46. The Morgan fingerprint density at radius 1 is 1.00 bits per heavy atom. The van der Waals surface area contributed by atoms with Crippen LogP contribution in [0.4, 0.5) is 0 Å². The monoisotopic (exact) mass is 346 g/mol. The van der Waals surface area contributed by atoms with Gasteiger partial charge in [0, 0.05) is 6.04 Å². The van der Waals surface area contributed by atoms with Gasteiger partial charge in [-0.25, -0.2) is 0 Å². The summed E-state index contributed by atoms with van der Waals surface area (Å²) in [6.07, 6.45) is 1.37. The van der Waals surface area contributed by atoms with Gasteiger partial charge in [0.25, 0.3) is 0 Å². The summed E-state index contributed by atoms with van der Waals surface area (Å²) in [5, 5.41) is 3.02. The second-order valence-corrected chi connectivity index (χ2v) is 6.41. The van der Waals surface area contributed by atoms with Crippen LogP contribution in [0, 0.1) is 13.8 Å². The first kappa shape index (κ1) is 20.2. The van der Waals surface area contributed by atoms with Crippen LogP contribution in [0.25, 0.3) is 0 Å². The molecular weight excluding hydrogens is 320 g/mol. The first-order chi connectivity index (χ1) is 10.9. The molecule has 2 aromatic rings. The highest BCUT2D eigenvalue weighted by molar-refractivity contribution is 5.85. The van der Waals surface area contributed by atoms with Gasteiger partial charge in [-0.3, -0.25) is 4.79 Å². The van der Waals surface area contributed by atoms with Gasteiger partial charge in [0.2, 0.25) is 5.91 Å². The number of halogens is 1. The number of amides is 1. The summed E-state index contributed by atoms with van der Waals surface area (Å²) in [5.41, 5.74) is 10.8. The molecule has 0 aliphatic heterocycles. The minimum atomic E-state index is -0.515. The van der Waals surface area contributed by atoms with Gasteiger partial charge in [-0.2, -0.15) is 0 Å². The molecule has 3 N–H and O–H groups in total. The fraction of sp³-hybridized carbons (Fsp3) is 0.350. The molecule has 0 fully saturated rings. The van der Waals surface area contributed by atoms with Crippen LogP contribution in [0.3, 0.4) is 0 Å². The molecule has 24 heavy (non-hydrogen) atoms. The average molecular weight is 347 g/mol. The highest BCUT2D eigenvalue weighted by Gasteiger charge is 2.16. The van der Waals surface area contributed by atoms with Gasteiger partial charge in [0.15, 0.2) is 0 Å². The lowest BCUT2D eigenvalue weighted by atomic mass is 10.0. The van der Waals surface area contributed by atoms with Crippen LogP contribution in [-0.4, -0.2) is 18.0 Å². The minimum absolute atomic E-state index is 0. The molecule has 2 rings (SSSR count). The molecule has 1 unspecified atom stereocenters. The normalized spacial score (nSPS) is 12.8. The molecule has 0 aliphatic rings. The van der Waals surface area contributed by atoms with Gasteiger partial charge in [0.1, 0.15) is 0 Å². The van der Waals surface area contributed by atoms with Crippen LogP contribution in [-0.2, 0) is 17.6 Å². The van der Waals surface area contributed by atoms with E-state index in [9.17, 15) is 4.79 Å². The zero-order chi connectivity index (χ0) is 16.8. The summed E-state index contributed by atoms with van der Waals surface area (Å²) >= 11 is 0.